The van der Waals surface area contributed by atoms with E-state index >= 15 is 0 Å². The van der Waals surface area contributed by atoms with Crippen LogP contribution in [0.2, 0.25) is 0 Å². The van der Waals surface area contributed by atoms with E-state index in [1.165, 1.54) is 24.5 Å². The van der Waals surface area contributed by atoms with Crippen molar-refractivity contribution in [2.75, 3.05) is 31.2 Å². The summed E-state index contributed by atoms with van der Waals surface area (Å²) in [6.45, 7) is 2.26. The molecule has 1 heterocycles. The van der Waals surface area contributed by atoms with Crippen molar-refractivity contribution in [3.05, 3.63) is 53.6 Å². The number of nitrogens with one attached hydrogen (secondary N) is 1. The molecule has 2 aromatic rings. The maximum absolute atomic E-state index is 11.0. The molecule has 1 saturated heterocycles. The number of piperidine rings is 1. The molecule has 0 atom stereocenters. The maximum Gasteiger partial charge on any atom is 0.335 e. The number of anilines is 3. The van der Waals surface area contributed by atoms with Gasteiger partial charge in [0.2, 0.25) is 0 Å². The molecule has 0 saturated carbocycles. The van der Waals surface area contributed by atoms with E-state index < -0.39 is 5.97 Å². The van der Waals surface area contributed by atoms with Gasteiger partial charge in [-0.2, -0.15) is 0 Å². The standard InChI is InChI=1S/C19H23N3O2/c1-22-9-7-13(8-10-22)14-3-2-4-16(11-14)21-18-6-5-15(19(23)24)12-17(18)20/h2-6,11-13,21H,7-10,20H2,1H3,(H,23,24). The van der Waals surface area contributed by atoms with Gasteiger partial charge in [-0.3, -0.25) is 0 Å². The van der Waals surface area contributed by atoms with E-state index in [-0.39, 0.29) is 5.56 Å². The first-order chi connectivity index (χ1) is 11.5. The first kappa shape index (κ1) is 16.3. The van der Waals surface area contributed by atoms with Gasteiger partial charge in [0.25, 0.3) is 0 Å². The van der Waals surface area contributed by atoms with E-state index in [0.717, 1.165) is 24.5 Å². The molecule has 0 amide bonds. The number of hydrogen-bond acceptors (Lipinski definition) is 4. The minimum Gasteiger partial charge on any atom is -0.478 e. The molecule has 0 bridgehead atoms. The van der Waals surface area contributed by atoms with Crippen molar-refractivity contribution in [1.82, 2.24) is 4.90 Å². The Labute approximate surface area is 142 Å². The van der Waals surface area contributed by atoms with Crippen molar-refractivity contribution >= 4 is 23.0 Å². The third-order valence-corrected chi connectivity index (χ3v) is 4.65. The van der Waals surface area contributed by atoms with Gasteiger partial charge < -0.3 is 21.1 Å². The summed E-state index contributed by atoms with van der Waals surface area (Å²) in [7, 11) is 2.16. The van der Waals surface area contributed by atoms with Gasteiger partial charge >= 0.3 is 5.97 Å². The van der Waals surface area contributed by atoms with Crippen LogP contribution >= 0.6 is 0 Å². The fraction of sp³-hybridized carbons (Fsp3) is 0.316. The molecule has 24 heavy (non-hydrogen) atoms. The molecule has 1 aliphatic rings. The molecule has 4 N–H and O–H groups in total. The minimum absolute atomic E-state index is 0.193. The van der Waals surface area contributed by atoms with Crippen molar-refractivity contribution in [2.45, 2.75) is 18.8 Å². The molecule has 0 spiro atoms. The fourth-order valence-corrected chi connectivity index (χ4v) is 3.18. The summed E-state index contributed by atoms with van der Waals surface area (Å²) in [6, 6.07) is 13.1. The first-order valence-corrected chi connectivity index (χ1v) is 8.21. The van der Waals surface area contributed by atoms with Gasteiger partial charge in [-0.1, -0.05) is 12.1 Å². The number of likely N-dealkylation sites (tertiary alicyclic amines) is 1. The smallest absolute Gasteiger partial charge is 0.335 e. The van der Waals surface area contributed by atoms with Crippen LogP contribution in [0.3, 0.4) is 0 Å². The fourth-order valence-electron chi connectivity index (χ4n) is 3.18. The highest BCUT2D eigenvalue weighted by Crippen LogP contribution is 2.31. The van der Waals surface area contributed by atoms with Crippen LogP contribution in [0.1, 0.15) is 34.7 Å². The number of carboxylic acid groups (broad SMARTS) is 1. The monoisotopic (exact) mass is 325 g/mol. The molecule has 5 heteroatoms. The molecule has 5 nitrogen and oxygen atoms in total. The summed E-state index contributed by atoms with van der Waals surface area (Å²) in [5.74, 6) is -0.382. The molecule has 0 aromatic heterocycles. The van der Waals surface area contributed by atoms with Crippen LogP contribution in [0.25, 0.3) is 0 Å². The van der Waals surface area contributed by atoms with Gasteiger partial charge in [0.05, 0.1) is 16.9 Å². The molecular formula is C19H23N3O2. The van der Waals surface area contributed by atoms with Crippen LogP contribution in [0.4, 0.5) is 17.1 Å². The Bertz CT molecular complexity index is 737. The van der Waals surface area contributed by atoms with E-state index in [1.807, 2.05) is 6.07 Å². The van der Waals surface area contributed by atoms with E-state index in [9.17, 15) is 4.79 Å². The lowest BCUT2D eigenvalue weighted by Gasteiger charge is -2.29. The summed E-state index contributed by atoms with van der Waals surface area (Å²) in [4.78, 5) is 13.4. The van der Waals surface area contributed by atoms with Crippen molar-refractivity contribution in [3.63, 3.8) is 0 Å². The normalized spacial score (nSPS) is 16.0. The average molecular weight is 325 g/mol. The van der Waals surface area contributed by atoms with E-state index in [1.54, 1.807) is 12.1 Å². The van der Waals surface area contributed by atoms with Crippen molar-refractivity contribution < 1.29 is 9.90 Å². The summed E-state index contributed by atoms with van der Waals surface area (Å²) in [5, 5.41) is 12.3. The third kappa shape index (κ3) is 3.68. The van der Waals surface area contributed by atoms with Crippen LogP contribution in [-0.2, 0) is 0 Å². The lowest BCUT2D eigenvalue weighted by atomic mass is 9.89. The van der Waals surface area contributed by atoms with Crippen molar-refractivity contribution in [2.24, 2.45) is 0 Å². The molecule has 126 valence electrons. The number of nitrogen functional groups attached to an aromatic ring is 1. The number of rotatable bonds is 4. The molecule has 2 aromatic carbocycles. The van der Waals surface area contributed by atoms with Gasteiger partial charge in [0, 0.05) is 5.69 Å². The Balaban J connectivity index is 1.76. The average Bonchev–Trinajstić information content (AvgIpc) is 2.57. The predicted molar refractivity (Wildman–Crippen MR) is 97.0 cm³/mol. The molecule has 0 unspecified atom stereocenters. The van der Waals surface area contributed by atoms with Gasteiger partial charge in [0.1, 0.15) is 0 Å². The van der Waals surface area contributed by atoms with Crippen molar-refractivity contribution in [1.29, 1.82) is 0 Å². The zero-order valence-corrected chi connectivity index (χ0v) is 13.8. The molecule has 1 aliphatic heterocycles. The Morgan fingerprint density at radius 2 is 1.96 bits per heavy atom. The second-order valence-corrected chi connectivity index (χ2v) is 6.44. The summed E-state index contributed by atoms with van der Waals surface area (Å²) in [6.07, 6.45) is 2.35. The maximum atomic E-state index is 11.0. The Morgan fingerprint density at radius 3 is 2.62 bits per heavy atom. The lowest BCUT2D eigenvalue weighted by molar-refractivity contribution is 0.0697. The van der Waals surface area contributed by atoms with Crippen molar-refractivity contribution in [3.8, 4) is 0 Å². The highest BCUT2D eigenvalue weighted by molar-refractivity contribution is 5.90. The van der Waals surface area contributed by atoms with Crippen LogP contribution < -0.4 is 11.1 Å². The van der Waals surface area contributed by atoms with Gasteiger partial charge in [-0.25, -0.2) is 4.79 Å². The quantitative estimate of drug-likeness (QED) is 0.750. The van der Waals surface area contributed by atoms with E-state index in [0.29, 0.717) is 11.6 Å². The summed E-state index contributed by atoms with van der Waals surface area (Å²) >= 11 is 0. The topological polar surface area (TPSA) is 78.6 Å². The van der Waals surface area contributed by atoms with Gasteiger partial charge in [-0.15, -0.1) is 0 Å². The second-order valence-electron chi connectivity index (χ2n) is 6.44. The number of benzene rings is 2. The number of nitrogens with two attached hydrogens (primary N) is 1. The van der Waals surface area contributed by atoms with Crippen LogP contribution in [0.15, 0.2) is 42.5 Å². The molecule has 0 radical (unpaired) electrons. The highest BCUT2D eigenvalue weighted by Gasteiger charge is 2.18. The van der Waals surface area contributed by atoms with Crippen LogP contribution in [0, 0.1) is 0 Å². The van der Waals surface area contributed by atoms with E-state index in [2.05, 4.69) is 35.5 Å². The summed E-state index contributed by atoms with van der Waals surface area (Å²) in [5.41, 5.74) is 9.63. The molecule has 0 aliphatic carbocycles. The number of nitrogens with zero attached hydrogens (tertiary/aromatic N) is 1. The largest absolute Gasteiger partial charge is 0.478 e. The Kier molecular flexibility index (Phi) is 4.71. The Hall–Kier alpha value is -2.53. The zero-order chi connectivity index (χ0) is 17.1. The Morgan fingerprint density at radius 1 is 1.21 bits per heavy atom. The first-order valence-electron chi connectivity index (χ1n) is 8.21. The predicted octanol–water partition coefficient (Wildman–Crippen LogP) is 3.52. The second kappa shape index (κ2) is 6.93. The van der Waals surface area contributed by atoms with E-state index in [4.69, 9.17) is 10.8 Å². The lowest BCUT2D eigenvalue weighted by Crippen LogP contribution is -2.29. The molecule has 1 fully saturated rings. The zero-order valence-electron chi connectivity index (χ0n) is 13.8. The molecule has 3 rings (SSSR count). The third-order valence-electron chi connectivity index (χ3n) is 4.65. The number of aromatic carboxylic acids is 1. The van der Waals surface area contributed by atoms with Crippen LogP contribution in [-0.4, -0.2) is 36.1 Å². The SMILES string of the molecule is CN1CCC(c2cccc(Nc3ccc(C(=O)O)cc3N)c2)CC1. The number of carbonyl (C=O) groups is 1. The number of hydrogen-bond donors (Lipinski definition) is 3. The van der Waals surface area contributed by atoms with Crippen LogP contribution in [0.5, 0.6) is 0 Å². The minimum atomic E-state index is -0.975. The highest BCUT2D eigenvalue weighted by atomic mass is 16.4. The van der Waals surface area contributed by atoms with Gasteiger partial charge in [0.15, 0.2) is 0 Å². The summed E-state index contributed by atoms with van der Waals surface area (Å²) < 4.78 is 0. The molecular weight excluding hydrogens is 302 g/mol. The number of carboxylic acids is 1. The van der Waals surface area contributed by atoms with Gasteiger partial charge in [-0.05, 0) is 74.8 Å².